The molecule has 56 valence electrons. The van der Waals surface area contributed by atoms with Gasteiger partial charge < -0.3 is 0 Å². The van der Waals surface area contributed by atoms with Crippen molar-refractivity contribution in [3.05, 3.63) is 23.2 Å². The number of fused-ring (bicyclic) bond motifs is 1. The summed E-state index contributed by atoms with van der Waals surface area (Å²) < 4.78 is 0. The molecular formula is C6H8Cl2N2. The van der Waals surface area contributed by atoms with Gasteiger partial charge in [0, 0.05) is 11.1 Å². The first kappa shape index (κ1) is 9.72. The van der Waals surface area contributed by atoms with Gasteiger partial charge in [0.1, 0.15) is 0 Å². The summed E-state index contributed by atoms with van der Waals surface area (Å²) in [5.41, 5.74) is 2.48. The molecule has 0 bridgehead atoms. The fraction of sp³-hybridized carbons (Fsp3) is 0. The minimum atomic E-state index is 0. The molecule has 4 N–H and O–H groups in total. The molecule has 2 aliphatic rings. The Hall–Kier alpha value is -0.280. The number of hydrogen-bond donors (Lipinski definition) is 2. The van der Waals surface area contributed by atoms with Crippen molar-refractivity contribution >= 4 is 24.0 Å². The third kappa shape index (κ3) is 1.41. The maximum absolute atomic E-state index is 5.61. The van der Waals surface area contributed by atoms with Gasteiger partial charge in [-0.1, -0.05) is 29.8 Å². The van der Waals surface area contributed by atoms with Crippen LogP contribution < -0.4 is 11.7 Å². The number of hydrogen-bond acceptors (Lipinski definition) is 2. The van der Waals surface area contributed by atoms with Crippen molar-refractivity contribution in [3.8, 4) is 11.1 Å². The second-order valence-electron chi connectivity index (χ2n) is 1.67. The van der Waals surface area contributed by atoms with Crippen LogP contribution >= 0.6 is 24.0 Å². The first-order chi connectivity index (χ1) is 4.39. The SMILES string of the molecule is Cl.Clc1c2cccc1-2.NN. The van der Waals surface area contributed by atoms with Gasteiger partial charge in [-0.3, -0.25) is 11.7 Å². The lowest BCUT2D eigenvalue weighted by Crippen LogP contribution is -2.02. The van der Waals surface area contributed by atoms with E-state index in [-0.39, 0.29) is 12.4 Å². The molecular weight excluding hydrogens is 171 g/mol. The summed E-state index contributed by atoms with van der Waals surface area (Å²) in [5.74, 6) is 8.00. The van der Waals surface area contributed by atoms with E-state index >= 15 is 0 Å². The highest BCUT2D eigenvalue weighted by molar-refractivity contribution is 6.41. The molecule has 0 amide bonds. The van der Waals surface area contributed by atoms with Gasteiger partial charge >= 0.3 is 0 Å². The molecule has 0 heterocycles. The molecule has 2 aliphatic carbocycles. The van der Waals surface area contributed by atoms with E-state index < -0.39 is 0 Å². The van der Waals surface area contributed by atoms with E-state index in [0.717, 1.165) is 5.02 Å². The van der Waals surface area contributed by atoms with E-state index in [4.69, 9.17) is 11.6 Å². The molecule has 0 saturated carbocycles. The largest absolute Gasteiger partial charge is 0.274 e. The number of nitrogens with two attached hydrogens (primary N) is 2. The molecule has 0 aromatic carbocycles. The highest BCUT2D eigenvalue weighted by atomic mass is 35.5. The second-order valence-corrected chi connectivity index (χ2v) is 2.05. The Morgan fingerprint density at radius 2 is 1.50 bits per heavy atom. The van der Waals surface area contributed by atoms with Crippen molar-refractivity contribution < 1.29 is 0 Å². The first-order valence-corrected chi connectivity index (χ1v) is 2.89. The molecule has 0 atom stereocenters. The molecule has 2 nitrogen and oxygen atoms in total. The van der Waals surface area contributed by atoms with Gasteiger partial charge in [-0.15, -0.1) is 12.4 Å². The highest BCUT2D eigenvalue weighted by Crippen LogP contribution is 2.47. The maximum Gasteiger partial charge on any atom is 0.0563 e. The number of halogens is 2. The van der Waals surface area contributed by atoms with Crippen molar-refractivity contribution in [1.29, 1.82) is 0 Å². The summed E-state index contributed by atoms with van der Waals surface area (Å²) in [7, 11) is 0. The highest BCUT2D eigenvalue weighted by Gasteiger charge is 2.19. The van der Waals surface area contributed by atoms with E-state index in [2.05, 4.69) is 11.7 Å². The summed E-state index contributed by atoms with van der Waals surface area (Å²) in [6.45, 7) is 0. The Balaban J connectivity index is 0.000000251. The molecule has 10 heavy (non-hydrogen) atoms. The quantitative estimate of drug-likeness (QED) is 0.476. The standard InChI is InChI=1S/C6H3Cl.ClH.H4N2/c7-6-4-2-1-3-5(4)6;;1-2/h1-3H;1H;1-2H2. The van der Waals surface area contributed by atoms with Crippen LogP contribution in [-0.2, 0) is 0 Å². The lowest BCUT2D eigenvalue weighted by molar-refractivity contribution is 1.26. The zero-order valence-electron chi connectivity index (χ0n) is 5.17. The molecule has 2 rings (SSSR count). The topological polar surface area (TPSA) is 52.0 Å². The molecule has 4 heteroatoms. The second kappa shape index (κ2) is 3.78. The molecule has 0 aliphatic heterocycles. The number of benzene rings is 1. The molecule has 0 aromatic heterocycles. The van der Waals surface area contributed by atoms with Crippen LogP contribution in [0.2, 0.25) is 5.02 Å². The van der Waals surface area contributed by atoms with Crippen LogP contribution in [0.4, 0.5) is 0 Å². The Morgan fingerprint density at radius 1 is 1.10 bits per heavy atom. The van der Waals surface area contributed by atoms with E-state index in [0.29, 0.717) is 0 Å². The fourth-order valence-electron chi connectivity index (χ4n) is 0.758. The van der Waals surface area contributed by atoms with Crippen molar-refractivity contribution in [3.63, 3.8) is 0 Å². The van der Waals surface area contributed by atoms with Gasteiger partial charge in [0.05, 0.1) is 5.02 Å². The minimum absolute atomic E-state index is 0. The van der Waals surface area contributed by atoms with E-state index in [1.807, 2.05) is 18.2 Å². The zero-order valence-corrected chi connectivity index (χ0v) is 6.75. The van der Waals surface area contributed by atoms with Gasteiger partial charge in [-0.2, -0.15) is 0 Å². The third-order valence-electron chi connectivity index (χ3n) is 1.23. The summed E-state index contributed by atoms with van der Waals surface area (Å²) >= 11 is 5.61. The van der Waals surface area contributed by atoms with Crippen LogP contribution in [0.15, 0.2) is 18.2 Å². The van der Waals surface area contributed by atoms with Gasteiger partial charge in [0.2, 0.25) is 0 Å². The van der Waals surface area contributed by atoms with Gasteiger partial charge in [0.15, 0.2) is 0 Å². The zero-order chi connectivity index (χ0) is 6.85. The maximum atomic E-state index is 5.61. The van der Waals surface area contributed by atoms with Crippen LogP contribution in [0.1, 0.15) is 0 Å². The first-order valence-electron chi connectivity index (χ1n) is 2.52. The Morgan fingerprint density at radius 3 is 1.70 bits per heavy atom. The number of hydrazine groups is 1. The lowest BCUT2D eigenvalue weighted by Gasteiger charge is -1.55. The average molecular weight is 179 g/mol. The summed E-state index contributed by atoms with van der Waals surface area (Å²) in [4.78, 5) is 0. The predicted octanol–water partition coefficient (Wildman–Crippen LogP) is 1.56. The Labute approximate surface area is 70.5 Å². The van der Waals surface area contributed by atoms with Crippen molar-refractivity contribution in [2.45, 2.75) is 0 Å². The van der Waals surface area contributed by atoms with Crippen LogP contribution in [0.5, 0.6) is 0 Å². The summed E-state index contributed by atoms with van der Waals surface area (Å²) in [6, 6.07) is 6.06. The molecule has 0 spiro atoms. The summed E-state index contributed by atoms with van der Waals surface area (Å²) in [5, 5.41) is 0.961. The van der Waals surface area contributed by atoms with Crippen molar-refractivity contribution in [2.75, 3.05) is 0 Å². The fourth-order valence-corrected chi connectivity index (χ4v) is 1.04. The molecule has 0 aromatic rings. The van der Waals surface area contributed by atoms with E-state index in [1.165, 1.54) is 11.1 Å². The van der Waals surface area contributed by atoms with E-state index in [9.17, 15) is 0 Å². The van der Waals surface area contributed by atoms with Crippen LogP contribution in [0.3, 0.4) is 0 Å². The summed E-state index contributed by atoms with van der Waals surface area (Å²) in [6.07, 6.45) is 0. The lowest BCUT2D eigenvalue weighted by atomic mass is 10.6. The predicted molar refractivity (Wildman–Crippen MR) is 46.1 cm³/mol. The molecule has 0 fully saturated rings. The molecule has 0 unspecified atom stereocenters. The van der Waals surface area contributed by atoms with Crippen LogP contribution in [-0.4, -0.2) is 0 Å². The Kier molecular flexibility index (Phi) is 3.68. The van der Waals surface area contributed by atoms with Gasteiger partial charge in [-0.25, -0.2) is 0 Å². The number of rotatable bonds is 0. The van der Waals surface area contributed by atoms with Crippen molar-refractivity contribution in [2.24, 2.45) is 11.7 Å². The molecule has 0 radical (unpaired) electrons. The Bertz CT molecular complexity index is 205. The average Bonchev–Trinajstić information content (AvgIpc) is 2.36. The molecule has 0 saturated heterocycles. The van der Waals surface area contributed by atoms with Crippen molar-refractivity contribution in [1.82, 2.24) is 0 Å². The van der Waals surface area contributed by atoms with Crippen LogP contribution in [0, 0.1) is 0 Å². The normalized spacial score (nSPS) is 8.70. The third-order valence-corrected chi connectivity index (χ3v) is 1.63. The van der Waals surface area contributed by atoms with Gasteiger partial charge in [0.25, 0.3) is 0 Å². The monoisotopic (exact) mass is 178 g/mol. The van der Waals surface area contributed by atoms with E-state index in [1.54, 1.807) is 0 Å². The smallest absolute Gasteiger partial charge is 0.0563 e. The minimum Gasteiger partial charge on any atom is -0.274 e. The van der Waals surface area contributed by atoms with Gasteiger partial charge in [-0.05, 0) is 0 Å². The van der Waals surface area contributed by atoms with Crippen LogP contribution in [0.25, 0.3) is 11.1 Å².